The number of hydrogen-bond acceptors (Lipinski definition) is 5. The minimum atomic E-state index is -0.718. The maximum absolute atomic E-state index is 14.4. The summed E-state index contributed by atoms with van der Waals surface area (Å²) in [5.41, 5.74) is 0.771. The number of rotatable bonds is 2. The molecule has 0 radical (unpaired) electrons. The molecule has 0 fully saturated rings. The Balaban J connectivity index is 1.98. The Morgan fingerprint density at radius 2 is 1.96 bits per heavy atom. The molecule has 5 nitrogen and oxygen atoms in total. The van der Waals surface area contributed by atoms with E-state index in [4.69, 9.17) is 0 Å². The van der Waals surface area contributed by atoms with Crippen LogP contribution in [0.3, 0.4) is 0 Å². The summed E-state index contributed by atoms with van der Waals surface area (Å²) in [7, 11) is 0. The van der Waals surface area contributed by atoms with E-state index in [1.807, 2.05) is 31.2 Å². The Morgan fingerprint density at radius 1 is 1.20 bits per heavy atom. The molecule has 2 aromatic carbocycles. The summed E-state index contributed by atoms with van der Waals surface area (Å²) < 4.78 is 14.4. The molecule has 1 amide bonds. The van der Waals surface area contributed by atoms with E-state index >= 15 is 0 Å². The van der Waals surface area contributed by atoms with Gasteiger partial charge in [0.05, 0.1) is 5.36 Å². The first-order valence-corrected chi connectivity index (χ1v) is 8.91. The number of benzene rings is 2. The second kappa shape index (κ2) is 6.33. The van der Waals surface area contributed by atoms with Crippen molar-refractivity contribution in [2.24, 2.45) is 10.1 Å². The minimum absolute atomic E-state index is 0.255. The number of carbonyl (C=O) groups excluding carboxylic acids is 1. The van der Waals surface area contributed by atoms with Gasteiger partial charge in [-0.15, -0.1) is 5.10 Å². The number of amides is 1. The first-order chi connectivity index (χ1) is 12.2. The van der Waals surface area contributed by atoms with Crippen molar-refractivity contribution < 1.29 is 9.18 Å². The summed E-state index contributed by atoms with van der Waals surface area (Å²) in [4.78, 5) is 17.4. The fourth-order valence-electron chi connectivity index (χ4n) is 2.92. The predicted octanol–water partition coefficient (Wildman–Crippen LogP) is 1.72. The normalized spacial score (nSPS) is 18.7. The van der Waals surface area contributed by atoms with Crippen molar-refractivity contribution in [2.45, 2.75) is 13.1 Å². The SMILES string of the molecule is CCSC1=NN2C(=c3ccccc3=N[C@H]2c2ccccc2F)C(=O)N1. The summed E-state index contributed by atoms with van der Waals surface area (Å²) >= 11 is 1.42. The van der Waals surface area contributed by atoms with Crippen molar-refractivity contribution in [1.29, 1.82) is 0 Å². The van der Waals surface area contributed by atoms with E-state index in [9.17, 15) is 9.18 Å². The lowest BCUT2D eigenvalue weighted by atomic mass is 10.1. The Labute approximate surface area is 147 Å². The molecular weight excluding hydrogens is 339 g/mol. The molecule has 2 heterocycles. The third-order valence-corrected chi connectivity index (χ3v) is 4.73. The summed E-state index contributed by atoms with van der Waals surface area (Å²) in [6.45, 7) is 1.98. The number of para-hydroxylation sites is 1. The van der Waals surface area contributed by atoms with Crippen LogP contribution in [0.15, 0.2) is 58.6 Å². The first-order valence-electron chi connectivity index (χ1n) is 7.92. The fourth-order valence-corrected chi connectivity index (χ4v) is 3.50. The van der Waals surface area contributed by atoms with Crippen molar-refractivity contribution in [3.8, 4) is 0 Å². The van der Waals surface area contributed by atoms with Gasteiger partial charge in [0.2, 0.25) is 0 Å². The van der Waals surface area contributed by atoms with Gasteiger partial charge in [0.1, 0.15) is 11.5 Å². The van der Waals surface area contributed by atoms with Crippen LogP contribution in [0.2, 0.25) is 0 Å². The highest BCUT2D eigenvalue weighted by Crippen LogP contribution is 2.31. The monoisotopic (exact) mass is 354 g/mol. The standard InChI is InChI=1S/C18H15FN4OS/c1-2-25-18-21-17(24)15-12-8-4-6-10-14(12)20-16(23(15)22-18)11-7-3-5-9-13(11)19/h3-10,16H,2H2,1H3,(H,21,22,24)/t16-/m1/s1. The smallest absolute Gasteiger partial charge is 0.276 e. The van der Waals surface area contributed by atoms with Crippen LogP contribution in [0.25, 0.3) is 5.70 Å². The van der Waals surface area contributed by atoms with Crippen LogP contribution in [0.5, 0.6) is 0 Å². The van der Waals surface area contributed by atoms with Gasteiger partial charge in [-0.05, 0) is 17.9 Å². The van der Waals surface area contributed by atoms with E-state index in [0.29, 0.717) is 27.0 Å². The Morgan fingerprint density at radius 3 is 2.76 bits per heavy atom. The minimum Gasteiger partial charge on any atom is -0.298 e. The molecular formula is C18H15FN4OS. The number of carbonyl (C=O) groups is 1. The van der Waals surface area contributed by atoms with Crippen LogP contribution < -0.4 is 15.9 Å². The Bertz CT molecular complexity index is 1000. The molecule has 1 atom stereocenters. The molecule has 0 saturated carbocycles. The van der Waals surface area contributed by atoms with Crippen LogP contribution in [-0.2, 0) is 4.79 Å². The second-order valence-electron chi connectivity index (χ2n) is 5.53. The molecule has 0 aromatic heterocycles. The van der Waals surface area contributed by atoms with Gasteiger partial charge < -0.3 is 0 Å². The van der Waals surface area contributed by atoms with E-state index in [1.54, 1.807) is 18.2 Å². The summed E-state index contributed by atoms with van der Waals surface area (Å²) in [5.74, 6) is 0.135. The molecule has 7 heteroatoms. The highest BCUT2D eigenvalue weighted by molar-refractivity contribution is 8.13. The van der Waals surface area contributed by atoms with Crippen molar-refractivity contribution in [3.05, 3.63) is 70.5 Å². The van der Waals surface area contributed by atoms with Crippen molar-refractivity contribution >= 4 is 28.5 Å². The average molecular weight is 354 g/mol. The zero-order chi connectivity index (χ0) is 17.4. The van der Waals surface area contributed by atoms with Crippen LogP contribution in [0.4, 0.5) is 4.39 Å². The fraction of sp³-hybridized carbons (Fsp3) is 0.167. The predicted molar refractivity (Wildman–Crippen MR) is 95.3 cm³/mol. The highest BCUT2D eigenvalue weighted by Gasteiger charge is 2.35. The largest absolute Gasteiger partial charge is 0.298 e. The maximum atomic E-state index is 14.4. The number of nitrogens with zero attached hydrogens (tertiary/aromatic N) is 3. The number of halogens is 1. The van der Waals surface area contributed by atoms with Crippen LogP contribution in [0.1, 0.15) is 18.7 Å². The van der Waals surface area contributed by atoms with Crippen LogP contribution in [-0.4, -0.2) is 21.8 Å². The molecule has 0 unspecified atom stereocenters. The summed E-state index contributed by atoms with van der Waals surface area (Å²) in [5, 5.41) is 10.7. The van der Waals surface area contributed by atoms with E-state index in [-0.39, 0.29) is 11.7 Å². The van der Waals surface area contributed by atoms with Gasteiger partial charge in [-0.25, -0.2) is 9.40 Å². The van der Waals surface area contributed by atoms with E-state index in [0.717, 1.165) is 5.75 Å². The Kier molecular flexibility index (Phi) is 4.01. The summed E-state index contributed by atoms with van der Waals surface area (Å²) in [6.07, 6.45) is -0.718. The number of hydrogen-bond donors (Lipinski definition) is 1. The topological polar surface area (TPSA) is 57.1 Å². The first kappa shape index (κ1) is 15.8. The van der Waals surface area contributed by atoms with Crippen molar-refractivity contribution in [2.75, 3.05) is 5.75 Å². The second-order valence-corrected chi connectivity index (χ2v) is 6.78. The molecule has 1 N–H and O–H groups in total. The van der Waals surface area contributed by atoms with Gasteiger partial charge in [-0.3, -0.25) is 15.1 Å². The lowest BCUT2D eigenvalue weighted by Gasteiger charge is -2.34. The van der Waals surface area contributed by atoms with Crippen LogP contribution in [0, 0.1) is 5.82 Å². The van der Waals surface area contributed by atoms with Gasteiger partial charge in [0.15, 0.2) is 11.3 Å². The van der Waals surface area contributed by atoms with Gasteiger partial charge in [-0.1, -0.05) is 55.1 Å². The zero-order valence-corrected chi connectivity index (χ0v) is 14.3. The molecule has 126 valence electrons. The molecule has 0 spiro atoms. The van der Waals surface area contributed by atoms with Crippen LogP contribution >= 0.6 is 11.8 Å². The zero-order valence-electron chi connectivity index (χ0n) is 13.4. The third-order valence-electron chi connectivity index (χ3n) is 3.98. The van der Waals surface area contributed by atoms with Crippen molar-refractivity contribution in [1.82, 2.24) is 10.3 Å². The molecule has 2 aliphatic heterocycles. The van der Waals surface area contributed by atoms with Gasteiger partial charge >= 0.3 is 0 Å². The Hall–Kier alpha value is -2.67. The van der Waals surface area contributed by atoms with Gasteiger partial charge in [0, 0.05) is 10.8 Å². The van der Waals surface area contributed by atoms with Gasteiger partial charge in [-0.2, -0.15) is 0 Å². The lowest BCUT2D eigenvalue weighted by molar-refractivity contribution is -0.116. The maximum Gasteiger partial charge on any atom is 0.276 e. The molecule has 0 saturated heterocycles. The highest BCUT2D eigenvalue weighted by atomic mass is 32.2. The van der Waals surface area contributed by atoms with E-state index < -0.39 is 6.17 Å². The molecule has 4 rings (SSSR count). The molecule has 2 aromatic rings. The molecule has 0 bridgehead atoms. The number of nitrogens with one attached hydrogen (secondary N) is 1. The number of fused-ring (bicyclic) bond motifs is 2. The molecule has 0 aliphatic carbocycles. The summed E-state index contributed by atoms with van der Waals surface area (Å²) in [6, 6.07) is 13.8. The lowest BCUT2D eigenvalue weighted by Crippen LogP contribution is -2.50. The number of amidine groups is 1. The average Bonchev–Trinajstić information content (AvgIpc) is 2.61. The molecule has 2 aliphatic rings. The van der Waals surface area contributed by atoms with E-state index in [2.05, 4.69) is 15.4 Å². The number of hydrazone groups is 1. The quantitative estimate of drug-likeness (QED) is 0.894. The molecule has 25 heavy (non-hydrogen) atoms. The van der Waals surface area contributed by atoms with Crippen molar-refractivity contribution in [3.63, 3.8) is 0 Å². The van der Waals surface area contributed by atoms with Gasteiger partial charge in [0.25, 0.3) is 5.91 Å². The van der Waals surface area contributed by atoms with E-state index in [1.165, 1.54) is 22.8 Å². The third kappa shape index (κ3) is 2.70. The number of thioether (sulfide) groups is 1.